The molecule has 3 aliphatic heterocycles. The summed E-state index contributed by atoms with van der Waals surface area (Å²) in [5.41, 5.74) is -0.505. The Morgan fingerprint density at radius 2 is 1.96 bits per heavy atom. The lowest BCUT2D eigenvalue weighted by Crippen LogP contribution is -2.60. The summed E-state index contributed by atoms with van der Waals surface area (Å²) in [4.78, 5) is 58.6. The number of benzene rings is 1. The Morgan fingerprint density at radius 3 is 2.58 bits per heavy atom. The predicted molar refractivity (Wildman–Crippen MR) is 170 cm³/mol. The van der Waals surface area contributed by atoms with Gasteiger partial charge in [-0.2, -0.15) is 0 Å². The summed E-state index contributed by atoms with van der Waals surface area (Å²) in [6.07, 6.45) is 5.79. The third kappa shape index (κ3) is 6.72. The Bertz CT molecular complexity index is 1230. The van der Waals surface area contributed by atoms with Crippen molar-refractivity contribution < 1.29 is 33.8 Å². The average Bonchev–Trinajstić information content (AvgIpc) is 3.69. The predicted octanol–water partition coefficient (Wildman–Crippen LogP) is 3.70. The van der Waals surface area contributed by atoms with E-state index in [1.807, 2.05) is 44.2 Å². The summed E-state index contributed by atoms with van der Waals surface area (Å²) < 4.78 is 12.7. The summed E-state index contributed by atoms with van der Waals surface area (Å²) in [5.74, 6) is -3.25. The number of carbonyl (C=O) groups is 4. The van der Waals surface area contributed by atoms with Crippen LogP contribution in [0.15, 0.2) is 55.6 Å². The van der Waals surface area contributed by atoms with Crippen molar-refractivity contribution in [1.82, 2.24) is 15.1 Å². The van der Waals surface area contributed by atoms with Gasteiger partial charge in [0.2, 0.25) is 17.7 Å². The molecule has 8 atom stereocenters. The number of amides is 3. The van der Waals surface area contributed by atoms with Crippen molar-refractivity contribution in [2.24, 2.45) is 11.8 Å². The van der Waals surface area contributed by atoms with E-state index in [0.29, 0.717) is 37.8 Å². The van der Waals surface area contributed by atoms with Gasteiger partial charge in [0.25, 0.3) is 0 Å². The van der Waals surface area contributed by atoms with Gasteiger partial charge >= 0.3 is 5.97 Å². The van der Waals surface area contributed by atoms with Crippen molar-refractivity contribution in [1.29, 1.82) is 0 Å². The zero-order chi connectivity index (χ0) is 32.7. The van der Waals surface area contributed by atoms with Crippen molar-refractivity contribution >= 4 is 23.7 Å². The largest absolute Gasteiger partial charge is 0.455 e. The molecule has 3 fully saturated rings. The molecule has 2 N–H and O–H groups in total. The Balaban J connectivity index is 1.66. The SMILES string of the molecule is C=CCCC(=O)NC[C@H](OC(=O)[C@@H]1[C@H]2C(=O)N([C@@H](CC)CO)[C@H](C(=O)N(CC=C)C(C)CCC)[C@]23CC[C@H]1O3)c1ccccc1. The first kappa shape index (κ1) is 34.4. The van der Waals surface area contributed by atoms with Crippen LogP contribution in [0.4, 0.5) is 0 Å². The van der Waals surface area contributed by atoms with Crippen LogP contribution < -0.4 is 5.32 Å². The summed E-state index contributed by atoms with van der Waals surface area (Å²) in [5, 5.41) is 13.2. The fourth-order valence-corrected chi connectivity index (χ4v) is 7.44. The zero-order valence-electron chi connectivity index (χ0n) is 26.9. The summed E-state index contributed by atoms with van der Waals surface area (Å²) >= 11 is 0. The number of esters is 1. The highest BCUT2D eigenvalue weighted by atomic mass is 16.6. The minimum atomic E-state index is -1.21. The van der Waals surface area contributed by atoms with Crippen molar-refractivity contribution in [3.8, 4) is 0 Å². The average molecular weight is 624 g/mol. The van der Waals surface area contributed by atoms with Crippen molar-refractivity contribution in [2.45, 2.75) is 102 Å². The topological polar surface area (TPSA) is 125 Å². The maximum Gasteiger partial charge on any atom is 0.313 e. The second kappa shape index (κ2) is 15.2. The second-order valence-electron chi connectivity index (χ2n) is 12.4. The maximum atomic E-state index is 14.5. The number of carbonyl (C=O) groups excluding carboxylic acids is 4. The van der Waals surface area contributed by atoms with E-state index < -0.39 is 47.7 Å². The smallest absolute Gasteiger partial charge is 0.313 e. The molecule has 3 saturated heterocycles. The Hall–Kier alpha value is -3.50. The molecular weight excluding hydrogens is 574 g/mol. The number of aliphatic hydroxyl groups excluding tert-OH is 1. The van der Waals surface area contributed by atoms with Crippen LogP contribution in [0, 0.1) is 11.8 Å². The molecule has 1 aromatic carbocycles. The minimum absolute atomic E-state index is 0.0647. The number of rotatable bonds is 17. The van der Waals surface area contributed by atoms with E-state index in [0.717, 1.165) is 12.8 Å². The highest BCUT2D eigenvalue weighted by Crippen LogP contribution is 2.59. The number of aliphatic hydroxyl groups is 1. The monoisotopic (exact) mass is 623 g/mol. The van der Waals surface area contributed by atoms with Crippen molar-refractivity contribution in [3.05, 3.63) is 61.2 Å². The number of hydrogen-bond acceptors (Lipinski definition) is 7. The Labute approximate surface area is 266 Å². The fraction of sp³-hybridized carbons (Fsp3) is 0.600. The number of nitrogens with zero attached hydrogens (tertiary/aromatic N) is 2. The Morgan fingerprint density at radius 1 is 1.22 bits per heavy atom. The zero-order valence-corrected chi connectivity index (χ0v) is 26.9. The molecule has 10 nitrogen and oxygen atoms in total. The molecule has 3 amide bonds. The van der Waals surface area contributed by atoms with Crippen LogP contribution in [-0.4, -0.2) is 88.1 Å². The van der Waals surface area contributed by atoms with Crippen molar-refractivity contribution in [2.75, 3.05) is 19.7 Å². The van der Waals surface area contributed by atoms with Crippen molar-refractivity contribution in [3.63, 3.8) is 0 Å². The van der Waals surface area contributed by atoms with E-state index in [1.165, 1.54) is 4.90 Å². The number of nitrogens with one attached hydrogen (secondary N) is 1. The van der Waals surface area contributed by atoms with Crippen LogP contribution in [0.5, 0.6) is 0 Å². The molecule has 1 spiro atoms. The van der Waals surface area contributed by atoms with Crippen LogP contribution in [0.25, 0.3) is 0 Å². The van der Waals surface area contributed by atoms with Gasteiger partial charge in [0.15, 0.2) is 0 Å². The number of likely N-dealkylation sites (tertiary alicyclic amines) is 1. The third-order valence-corrected chi connectivity index (χ3v) is 9.66. The molecule has 3 aliphatic rings. The van der Waals surface area contributed by atoms with E-state index in [1.54, 1.807) is 17.1 Å². The molecule has 2 bridgehead atoms. The molecule has 0 saturated carbocycles. The molecule has 3 heterocycles. The lowest BCUT2D eigenvalue weighted by atomic mass is 9.70. The van der Waals surface area contributed by atoms with Gasteiger partial charge in [0.1, 0.15) is 17.7 Å². The van der Waals surface area contributed by atoms with E-state index in [4.69, 9.17) is 9.47 Å². The molecule has 0 aliphatic carbocycles. The van der Waals surface area contributed by atoms with Gasteiger partial charge in [-0.15, -0.1) is 13.2 Å². The molecule has 1 aromatic rings. The first-order chi connectivity index (χ1) is 21.7. The number of hydrogen-bond donors (Lipinski definition) is 2. The highest BCUT2D eigenvalue weighted by Gasteiger charge is 2.75. The summed E-state index contributed by atoms with van der Waals surface area (Å²) in [7, 11) is 0. The molecule has 0 aromatic heterocycles. The van der Waals surface area contributed by atoms with Crippen LogP contribution in [0.1, 0.15) is 77.4 Å². The lowest BCUT2D eigenvalue weighted by molar-refractivity contribution is -0.161. The molecule has 246 valence electrons. The molecule has 0 radical (unpaired) electrons. The highest BCUT2D eigenvalue weighted by molar-refractivity contribution is 5.98. The quantitative estimate of drug-likeness (QED) is 0.200. The van der Waals surface area contributed by atoms with E-state index >= 15 is 0 Å². The van der Waals surface area contributed by atoms with E-state index in [-0.39, 0.29) is 43.3 Å². The number of fused-ring (bicyclic) bond motifs is 1. The summed E-state index contributed by atoms with van der Waals surface area (Å²) in [6.45, 7) is 13.5. The van der Waals surface area contributed by atoms with Gasteiger partial charge in [-0.3, -0.25) is 19.2 Å². The van der Waals surface area contributed by atoms with Gasteiger partial charge in [0.05, 0.1) is 37.1 Å². The minimum Gasteiger partial charge on any atom is -0.455 e. The molecule has 10 heteroatoms. The van der Waals surface area contributed by atoms with Gasteiger partial charge < -0.3 is 29.7 Å². The molecule has 45 heavy (non-hydrogen) atoms. The fourth-order valence-electron chi connectivity index (χ4n) is 7.44. The second-order valence-corrected chi connectivity index (χ2v) is 12.4. The van der Waals surface area contributed by atoms with Crippen LogP contribution in [0.2, 0.25) is 0 Å². The normalized spacial score (nSPS) is 26.9. The van der Waals surface area contributed by atoms with Gasteiger partial charge in [-0.1, -0.05) is 62.8 Å². The first-order valence-electron chi connectivity index (χ1n) is 16.3. The van der Waals surface area contributed by atoms with Crippen LogP contribution in [-0.2, 0) is 28.7 Å². The van der Waals surface area contributed by atoms with Crippen LogP contribution in [0.3, 0.4) is 0 Å². The molecular formula is C35H49N3O7. The maximum absolute atomic E-state index is 14.5. The van der Waals surface area contributed by atoms with E-state index in [2.05, 4.69) is 25.4 Å². The third-order valence-electron chi connectivity index (χ3n) is 9.66. The van der Waals surface area contributed by atoms with Gasteiger partial charge in [-0.25, -0.2) is 0 Å². The standard InChI is InChI=1S/C35H49N3O7/c1-6-10-17-28(40)36-21-27(24-15-12-11-13-16-24)44-34(43)29-26-18-19-35(45-26)30(29)32(41)38(25(9-4)22-39)31(35)33(42)37(20-8-3)23(5)14-7-2/h6,8,11-13,15-16,23,25-27,29-31,39H,1,3,7,9-10,14,17-22H2,2,4-5H3,(H,36,40)/t23?,25-,26+,27-,29-,30-,31+,35-/m0/s1. The van der Waals surface area contributed by atoms with Gasteiger partial charge in [-0.05, 0) is 44.6 Å². The van der Waals surface area contributed by atoms with Gasteiger partial charge in [0, 0.05) is 19.0 Å². The molecule has 4 rings (SSSR count). The van der Waals surface area contributed by atoms with Crippen LogP contribution >= 0.6 is 0 Å². The number of ether oxygens (including phenoxy) is 2. The lowest BCUT2D eigenvalue weighted by Gasteiger charge is -2.40. The first-order valence-corrected chi connectivity index (χ1v) is 16.3. The Kier molecular flexibility index (Phi) is 11.6. The number of allylic oxidation sites excluding steroid dienone is 1. The van der Waals surface area contributed by atoms with E-state index in [9.17, 15) is 24.3 Å². The molecule has 1 unspecified atom stereocenters. The summed E-state index contributed by atoms with van der Waals surface area (Å²) in [6, 6.07) is 7.45.